The van der Waals surface area contributed by atoms with E-state index in [9.17, 15) is 14.4 Å². The first-order valence-corrected chi connectivity index (χ1v) is 9.40. The number of nitrogens with two attached hydrogens (primary N) is 1. The molecule has 2 aromatic rings. The van der Waals surface area contributed by atoms with E-state index in [0.29, 0.717) is 22.6 Å². The van der Waals surface area contributed by atoms with Crippen LogP contribution in [0.3, 0.4) is 0 Å². The Kier molecular flexibility index (Phi) is 6.26. The first-order chi connectivity index (χ1) is 13.5. The van der Waals surface area contributed by atoms with E-state index in [0.717, 1.165) is 25.7 Å². The summed E-state index contributed by atoms with van der Waals surface area (Å²) in [5, 5.41) is 8.17. The van der Waals surface area contributed by atoms with Gasteiger partial charge in [-0.15, -0.1) is 0 Å². The van der Waals surface area contributed by atoms with Crippen LogP contribution in [0.4, 0.5) is 21.9 Å². The maximum Gasteiger partial charge on any atom is 0.316 e. The molecule has 0 unspecified atom stereocenters. The van der Waals surface area contributed by atoms with Crippen molar-refractivity contribution in [2.24, 2.45) is 11.7 Å². The van der Waals surface area contributed by atoms with Crippen molar-refractivity contribution in [3.63, 3.8) is 0 Å². The molecule has 1 aliphatic carbocycles. The summed E-state index contributed by atoms with van der Waals surface area (Å²) in [6.45, 7) is 0. The number of urea groups is 1. The number of amides is 4. The monoisotopic (exact) mass is 380 g/mol. The summed E-state index contributed by atoms with van der Waals surface area (Å²) in [5.74, 6) is -0.210. The molecule has 0 aliphatic heterocycles. The molecule has 1 aliphatic rings. The van der Waals surface area contributed by atoms with E-state index in [1.807, 2.05) is 0 Å². The third-order valence-electron chi connectivity index (χ3n) is 4.78. The summed E-state index contributed by atoms with van der Waals surface area (Å²) >= 11 is 0. The van der Waals surface area contributed by atoms with Gasteiger partial charge in [0.15, 0.2) is 0 Å². The fourth-order valence-corrected chi connectivity index (χ4v) is 3.33. The fourth-order valence-electron chi connectivity index (χ4n) is 3.33. The van der Waals surface area contributed by atoms with Crippen LogP contribution in [0.5, 0.6) is 0 Å². The Morgan fingerprint density at radius 2 is 1.43 bits per heavy atom. The smallest absolute Gasteiger partial charge is 0.316 e. The molecule has 0 spiro atoms. The SMILES string of the molecule is NC(=O)Nc1ccc(NC(=O)c2cccc(NC(=O)C3CCCCC3)c2)cc1. The Balaban J connectivity index is 1.61. The molecular formula is C21H24N4O3. The molecule has 0 bridgehead atoms. The summed E-state index contributed by atoms with van der Waals surface area (Å²) in [6, 6.07) is 12.8. The molecule has 0 aromatic heterocycles. The van der Waals surface area contributed by atoms with E-state index in [-0.39, 0.29) is 17.7 Å². The molecule has 0 saturated heterocycles. The van der Waals surface area contributed by atoms with Gasteiger partial charge in [-0.1, -0.05) is 25.3 Å². The van der Waals surface area contributed by atoms with E-state index in [4.69, 9.17) is 5.73 Å². The first-order valence-electron chi connectivity index (χ1n) is 9.40. The Morgan fingerprint density at radius 3 is 2.07 bits per heavy atom. The number of hydrogen-bond donors (Lipinski definition) is 4. The van der Waals surface area contributed by atoms with Crippen molar-refractivity contribution in [1.82, 2.24) is 0 Å². The standard InChI is InChI=1S/C21H24N4O3/c22-21(28)25-17-11-9-16(10-12-17)23-20(27)15-7-4-8-18(13-15)24-19(26)14-5-2-1-3-6-14/h4,7-14H,1-3,5-6H2,(H,23,27)(H,24,26)(H3,22,25,28). The normalized spacial score (nSPS) is 14.1. The molecule has 7 heteroatoms. The number of benzene rings is 2. The van der Waals surface area contributed by atoms with Gasteiger partial charge in [-0.25, -0.2) is 4.79 Å². The highest BCUT2D eigenvalue weighted by atomic mass is 16.2. The zero-order valence-corrected chi connectivity index (χ0v) is 15.5. The van der Waals surface area contributed by atoms with Gasteiger partial charge in [0, 0.05) is 28.5 Å². The summed E-state index contributed by atoms with van der Waals surface area (Å²) in [7, 11) is 0. The zero-order chi connectivity index (χ0) is 19.9. The molecule has 3 rings (SSSR count). The van der Waals surface area contributed by atoms with Gasteiger partial charge in [0.05, 0.1) is 0 Å². The topological polar surface area (TPSA) is 113 Å². The summed E-state index contributed by atoms with van der Waals surface area (Å²) in [6.07, 6.45) is 5.22. The lowest BCUT2D eigenvalue weighted by atomic mass is 9.88. The number of nitrogens with one attached hydrogen (secondary N) is 3. The van der Waals surface area contributed by atoms with Crippen LogP contribution in [0.1, 0.15) is 42.5 Å². The van der Waals surface area contributed by atoms with Crippen molar-refractivity contribution in [2.45, 2.75) is 32.1 Å². The lowest BCUT2D eigenvalue weighted by molar-refractivity contribution is -0.120. The van der Waals surface area contributed by atoms with Crippen LogP contribution in [-0.2, 0) is 4.79 Å². The highest BCUT2D eigenvalue weighted by Crippen LogP contribution is 2.25. The quantitative estimate of drug-likeness (QED) is 0.630. The number of carbonyl (C=O) groups is 3. The third kappa shape index (κ3) is 5.33. The van der Waals surface area contributed by atoms with Gasteiger partial charge in [0.2, 0.25) is 5.91 Å². The first kappa shape index (κ1) is 19.4. The van der Waals surface area contributed by atoms with Crippen LogP contribution < -0.4 is 21.7 Å². The zero-order valence-electron chi connectivity index (χ0n) is 15.5. The second-order valence-corrected chi connectivity index (χ2v) is 6.93. The molecule has 5 N–H and O–H groups in total. The van der Waals surface area contributed by atoms with Crippen LogP contribution in [0.15, 0.2) is 48.5 Å². The number of carbonyl (C=O) groups excluding carboxylic acids is 3. The molecule has 0 heterocycles. The van der Waals surface area contributed by atoms with Crippen molar-refractivity contribution in [3.05, 3.63) is 54.1 Å². The van der Waals surface area contributed by atoms with Gasteiger partial charge in [0.1, 0.15) is 0 Å². The molecular weight excluding hydrogens is 356 g/mol. The van der Waals surface area contributed by atoms with Crippen LogP contribution in [0.2, 0.25) is 0 Å². The molecule has 28 heavy (non-hydrogen) atoms. The third-order valence-corrected chi connectivity index (χ3v) is 4.78. The van der Waals surface area contributed by atoms with Crippen molar-refractivity contribution >= 4 is 34.9 Å². The largest absolute Gasteiger partial charge is 0.351 e. The van der Waals surface area contributed by atoms with Gasteiger partial charge in [-0.2, -0.15) is 0 Å². The minimum atomic E-state index is -0.649. The fraction of sp³-hybridized carbons (Fsp3) is 0.286. The maximum absolute atomic E-state index is 12.5. The van der Waals surface area contributed by atoms with Gasteiger partial charge in [-0.3, -0.25) is 9.59 Å². The highest BCUT2D eigenvalue weighted by Gasteiger charge is 2.21. The van der Waals surface area contributed by atoms with E-state index >= 15 is 0 Å². The Bertz CT molecular complexity index is 858. The van der Waals surface area contributed by atoms with Crippen LogP contribution in [0.25, 0.3) is 0 Å². The average Bonchev–Trinajstić information content (AvgIpc) is 2.70. The van der Waals surface area contributed by atoms with Crippen molar-refractivity contribution in [1.29, 1.82) is 0 Å². The molecule has 146 valence electrons. The van der Waals surface area contributed by atoms with Gasteiger partial charge in [-0.05, 0) is 55.3 Å². The molecule has 1 saturated carbocycles. The van der Waals surface area contributed by atoms with Crippen molar-refractivity contribution < 1.29 is 14.4 Å². The molecule has 4 amide bonds. The van der Waals surface area contributed by atoms with Gasteiger partial charge in [0.25, 0.3) is 5.91 Å². The Hall–Kier alpha value is -3.35. The molecule has 7 nitrogen and oxygen atoms in total. The lowest BCUT2D eigenvalue weighted by Gasteiger charge is -2.20. The van der Waals surface area contributed by atoms with Crippen LogP contribution in [0, 0.1) is 5.92 Å². The van der Waals surface area contributed by atoms with Crippen LogP contribution in [-0.4, -0.2) is 17.8 Å². The number of primary amides is 1. The van der Waals surface area contributed by atoms with Crippen LogP contribution >= 0.6 is 0 Å². The van der Waals surface area contributed by atoms with Gasteiger partial charge >= 0.3 is 6.03 Å². The van der Waals surface area contributed by atoms with E-state index in [1.54, 1.807) is 48.5 Å². The summed E-state index contributed by atoms with van der Waals surface area (Å²) in [5.41, 5.74) is 7.25. The average molecular weight is 380 g/mol. The van der Waals surface area contributed by atoms with Gasteiger partial charge < -0.3 is 21.7 Å². The van der Waals surface area contributed by atoms with Crippen molar-refractivity contribution in [3.8, 4) is 0 Å². The minimum Gasteiger partial charge on any atom is -0.351 e. The summed E-state index contributed by atoms with van der Waals surface area (Å²) in [4.78, 5) is 35.7. The minimum absolute atomic E-state index is 0.0230. The number of anilines is 3. The van der Waals surface area contributed by atoms with E-state index in [2.05, 4.69) is 16.0 Å². The molecule has 0 atom stereocenters. The van der Waals surface area contributed by atoms with Crippen molar-refractivity contribution in [2.75, 3.05) is 16.0 Å². The predicted octanol–water partition coefficient (Wildman–Crippen LogP) is 3.95. The Labute approximate surface area is 163 Å². The lowest BCUT2D eigenvalue weighted by Crippen LogP contribution is -2.24. The van der Waals surface area contributed by atoms with E-state index < -0.39 is 6.03 Å². The second-order valence-electron chi connectivity index (χ2n) is 6.93. The number of hydrogen-bond acceptors (Lipinski definition) is 3. The second kappa shape index (κ2) is 9.03. The molecule has 1 fully saturated rings. The number of rotatable bonds is 5. The predicted molar refractivity (Wildman–Crippen MR) is 109 cm³/mol. The molecule has 0 radical (unpaired) electrons. The molecule has 2 aromatic carbocycles. The summed E-state index contributed by atoms with van der Waals surface area (Å²) < 4.78 is 0. The maximum atomic E-state index is 12.5. The van der Waals surface area contributed by atoms with E-state index in [1.165, 1.54) is 6.42 Å². The highest BCUT2D eigenvalue weighted by molar-refractivity contribution is 6.05. The Morgan fingerprint density at radius 1 is 0.786 bits per heavy atom.